The zero-order chi connectivity index (χ0) is 15.4. The van der Waals surface area contributed by atoms with Crippen LogP contribution in [0.2, 0.25) is 0 Å². The standard InChI is InChI=1S/C14H21N5O2/c1-4-7-15-14-16-9(2)8-11(18-14)17-10-5-6-12(20)19(3)13(10)21/h8,10H,4-7H2,1-3H3,(H2,15,16,17,18). The minimum Gasteiger partial charge on any atom is -0.358 e. The summed E-state index contributed by atoms with van der Waals surface area (Å²) in [7, 11) is 1.51. The van der Waals surface area contributed by atoms with Crippen LogP contribution >= 0.6 is 0 Å². The Morgan fingerprint density at radius 1 is 1.38 bits per heavy atom. The van der Waals surface area contributed by atoms with Crippen molar-refractivity contribution in [3.05, 3.63) is 11.8 Å². The number of carbonyl (C=O) groups excluding carboxylic acids is 2. The molecule has 0 spiro atoms. The molecule has 1 unspecified atom stereocenters. The number of rotatable bonds is 5. The molecule has 0 radical (unpaired) electrons. The summed E-state index contributed by atoms with van der Waals surface area (Å²) in [6, 6.07) is 1.38. The molecular formula is C14H21N5O2. The Morgan fingerprint density at radius 3 is 2.86 bits per heavy atom. The molecule has 0 aliphatic carbocycles. The van der Waals surface area contributed by atoms with Gasteiger partial charge in [0.1, 0.15) is 11.9 Å². The molecule has 0 saturated carbocycles. The van der Waals surface area contributed by atoms with Crippen LogP contribution in [0.1, 0.15) is 31.9 Å². The maximum Gasteiger partial charge on any atom is 0.251 e. The van der Waals surface area contributed by atoms with Crippen LogP contribution < -0.4 is 10.6 Å². The number of nitrogens with one attached hydrogen (secondary N) is 2. The average molecular weight is 291 g/mol. The Hall–Kier alpha value is -2.18. The molecule has 114 valence electrons. The van der Waals surface area contributed by atoms with E-state index in [4.69, 9.17) is 0 Å². The van der Waals surface area contributed by atoms with E-state index in [0.29, 0.717) is 24.6 Å². The monoisotopic (exact) mass is 291 g/mol. The normalized spacial score (nSPS) is 18.8. The van der Waals surface area contributed by atoms with Crippen LogP contribution in [-0.4, -0.2) is 46.3 Å². The lowest BCUT2D eigenvalue weighted by Gasteiger charge is -2.28. The summed E-state index contributed by atoms with van der Waals surface area (Å²) in [6.07, 6.45) is 1.84. The molecule has 1 fully saturated rings. The Balaban J connectivity index is 2.10. The Bertz CT molecular complexity index is 546. The van der Waals surface area contributed by atoms with Crippen molar-refractivity contribution in [2.45, 2.75) is 39.2 Å². The fourth-order valence-electron chi connectivity index (χ4n) is 2.19. The van der Waals surface area contributed by atoms with E-state index in [0.717, 1.165) is 18.7 Å². The van der Waals surface area contributed by atoms with Gasteiger partial charge in [-0.3, -0.25) is 14.5 Å². The number of amides is 2. The number of anilines is 2. The molecule has 0 bridgehead atoms. The van der Waals surface area contributed by atoms with Gasteiger partial charge in [0.15, 0.2) is 0 Å². The van der Waals surface area contributed by atoms with Crippen molar-refractivity contribution >= 4 is 23.6 Å². The predicted octanol–water partition coefficient (Wildman–Crippen LogP) is 1.17. The van der Waals surface area contributed by atoms with Gasteiger partial charge >= 0.3 is 0 Å². The zero-order valence-electron chi connectivity index (χ0n) is 12.6. The lowest BCUT2D eigenvalue weighted by Crippen LogP contribution is -2.48. The van der Waals surface area contributed by atoms with E-state index in [1.165, 1.54) is 11.9 Å². The fourth-order valence-corrected chi connectivity index (χ4v) is 2.19. The summed E-state index contributed by atoms with van der Waals surface area (Å²) in [5, 5.41) is 6.23. The van der Waals surface area contributed by atoms with Crippen LogP contribution in [0.15, 0.2) is 6.07 Å². The van der Waals surface area contributed by atoms with Gasteiger partial charge in [0.05, 0.1) is 0 Å². The van der Waals surface area contributed by atoms with E-state index in [9.17, 15) is 9.59 Å². The summed E-state index contributed by atoms with van der Waals surface area (Å²) >= 11 is 0. The number of hydrogen-bond acceptors (Lipinski definition) is 6. The first kappa shape index (κ1) is 15.2. The Morgan fingerprint density at radius 2 is 2.14 bits per heavy atom. The topological polar surface area (TPSA) is 87.2 Å². The lowest BCUT2D eigenvalue weighted by atomic mass is 10.0. The highest BCUT2D eigenvalue weighted by Crippen LogP contribution is 2.17. The molecule has 2 rings (SSSR count). The van der Waals surface area contributed by atoms with Gasteiger partial charge in [-0.15, -0.1) is 0 Å². The quantitative estimate of drug-likeness (QED) is 0.792. The van der Waals surface area contributed by atoms with E-state index < -0.39 is 6.04 Å². The molecule has 1 saturated heterocycles. The molecule has 1 aromatic heterocycles. The van der Waals surface area contributed by atoms with Gasteiger partial charge in [0, 0.05) is 31.8 Å². The number of carbonyl (C=O) groups is 2. The molecule has 1 aliphatic rings. The zero-order valence-corrected chi connectivity index (χ0v) is 12.6. The summed E-state index contributed by atoms with van der Waals surface area (Å²) < 4.78 is 0. The van der Waals surface area contributed by atoms with E-state index >= 15 is 0 Å². The molecule has 21 heavy (non-hydrogen) atoms. The molecule has 2 N–H and O–H groups in total. The van der Waals surface area contributed by atoms with Crippen LogP contribution in [0.4, 0.5) is 11.8 Å². The molecule has 1 atom stereocenters. The lowest BCUT2D eigenvalue weighted by molar-refractivity contribution is -0.146. The first-order valence-corrected chi connectivity index (χ1v) is 7.17. The van der Waals surface area contributed by atoms with Crippen LogP contribution in [0.3, 0.4) is 0 Å². The summed E-state index contributed by atoms with van der Waals surface area (Å²) in [5.74, 6) is 0.794. The highest BCUT2D eigenvalue weighted by molar-refractivity contribution is 6.01. The number of piperidine rings is 1. The van der Waals surface area contributed by atoms with Gasteiger partial charge in [0.25, 0.3) is 5.91 Å². The number of aryl methyl sites for hydroxylation is 1. The maximum atomic E-state index is 12.1. The molecule has 0 aromatic carbocycles. The summed E-state index contributed by atoms with van der Waals surface area (Å²) in [5.41, 5.74) is 0.818. The second kappa shape index (κ2) is 6.51. The average Bonchev–Trinajstić information content (AvgIpc) is 2.45. The number of likely N-dealkylation sites (N-methyl/N-ethyl adjacent to an activating group) is 1. The molecule has 1 aliphatic heterocycles. The first-order valence-electron chi connectivity index (χ1n) is 7.17. The summed E-state index contributed by atoms with van der Waals surface area (Å²) in [6.45, 7) is 4.74. The van der Waals surface area contributed by atoms with Crippen LogP contribution in [-0.2, 0) is 9.59 Å². The highest BCUT2D eigenvalue weighted by atomic mass is 16.2. The number of nitrogens with zero attached hydrogens (tertiary/aromatic N) is 3. The third-order valence-electron chi connectivity index (χ3n) is 3.36. The second-order valence-electron chi connectivity index (χ2n) is 5.17. The van der Waals surface area contributed by atoms with Crippen LogP contribution in [0, 0.1) is 6.92 Å². The van der Waals surface area contributed by atoms with E-state index in [1.807, 2.05) is 6.92 Å². The SMILES string of the molecule is CCCNc1nc(C)cc(NC2CCC(=O)N(C)C2=O)n1. The smallest absolute Gasteiger partial charge is 0.251 e. The highest BCUT2D eigenvalue weighted by Gasteiger charge is 2.31. The van der Waals surface area contributed by atoms with Gasteiger partial charge in [-0.1, -0.05) is 6.92 Å². The van der Waals surface area contributed by atoms with Crippen molar-refractivity contribution in [1.82, 2.24) is 14.9 Å². The molecule has 2 heterocycles. The number of aromatic nitrogens is 2. The Labute approximate surface area is 124 Å². The Kier molecular flexibility index (Phi) is 4.72. The molecular weight excluding hydrogens is 270 g/mol. The van der Waals surface area contributed by atoms with Crippen molar-refractivity contribution in [3.63, 3.8) is 0 Å². The van der Waals surface area contributed by atoms with Gasteiger partial charge in [-0.25, -0.2) is 4.98 Å². The number of hydrogen-bond donors (Lipinski definition) is 2. The number of likely N-dealkylation sites (tertiary alicyclic amines) is 1. The van der Waals surface area contributed by atoms with Gasteiger partial charge in [-0.05, 0) is 19.8 Å². The number of imide groups is 1. The van der Waals surface area contributed by atoms with Crippen molar-refractivity contribution in [2.24, 2.45) is 0 Å². The van der Waals surface area contributed by atoms with Crippen molar-refractivity contribution in [3.8, 4) is 0 Å². The summed E-state index contributed by atoms with van der Waals surface area (Å²) in [4.78, 5) is 33.4. The van der Waals surface area contributed by atoms with Gasteiger partial charge < -0.3 is 10.6 Å². The third-order valence-corrected chi connectivity index (χ3v) is 3.36. The molecule has 1 aromatic rings. The second-order valence-corrected chi connectivity index (χ2v) is 5.17. The van der Waals surface area contributed by atoms with Gasteiger partial charge in [-0.2, -0.15) is 4.98 Å². The van der Waals surface area contributed by atoms with Gasteiger partial charge in [0.2, 0.25) is 11.9 Å². The molecule has 7 nitrogen and oxygen atoms in total. The van der Waals surface area contributed by atoms with E-state index in [-0.39, 0.29) is 11.8 Å². The third kappa shape index (κ3) is 3.68. The van der Waals surface area contributed by atoms with Crippen LogP contribution in [0.5, 0.6) is 0 Å². The first-order chi connectivity index (χ1) is 10.0. The van der Waals surface area contributed by atoms with Crippen molar-refractivity contribution < 1.29 is 9.59 Å². The van der Waals surface area contributed by atoms with Crippen molar-refractivity contribution in [2.75, 3.05) is 24.2 Å². The maximum absolute atomic E-state index is 12.1. The van der Waals surface area contributed by atoms with E-state index in [2.05, 4.69) is 27.5 Å². The largest absolute Gasteiger partial charge is 0.358 e. The minimum absolute atomic E-state index is 0.137. The van der Waals surface area contributed by atoms with Crippen molar-refractivity contribution in [1.29, 1.82) is 0 Å². The van der Waals surface area contributed by atoms with Crippen LogP contribution in [0.25, 0.3) is 0 Å². The fraction of sp³-hybridized carbons (Fsp3) is 0.571. The molecule has 7 heteroatoms. The molecule has 2 amide bonds. The van der Waals surface area contributed by atoms with E-state index in [1.54, 1.807) is 6.07 Å². The minimum atomic E-state index is -0.416. The predicted molar refractivity (Wildman–Crippen MR) is 80.0 cm³/mol.